The van der Waals surface area contributed by atoms with Gasteiger partial charge in [-0.15, -0.1) is 0 Å². The Kier molecular flexibility index (Phi) is 5.41. The minimum absolute atomic E-state index is 0.152. The Morgan fingerprint density at radius 1 is 1.09 bits per heavy atom. The van der Waals surface area contributed by atoms with E-state index in [1.54, 1.807) is 12.1 Å². The summed E-state index contributed by atoms with van der Waals surface area (Å²) in [6.07, 6.45) is 11.9. The van der Waals surface area contributed by atoms with Gasteiger partial charge in [0.2, 0.25) is 5.88 Å². The second-order valence-electron chi connectivity index (χ2n) is 9.04. The molecule has 0 radical (unpaired) electrons. The van der Waals surface area contributed by atoms with Gasteiger partial charge in [-0.05, 0) is 44.7 Å². The summed E-state index contributed by atoms with van der Waals surface area (Å²) in [7, 11) is 0. The van der Waals surface area contributed by atoms with Gasteiger partial charge in [0.05, 0.1) is 16.9 Å². The first-order valence-electron chi connectivity index (χ1n) is 11.5. The number of nitrogens with one attached hydrogen (secondary N) is 1. The Morgan fingerprint density at radius 3 is 2.61 bits per heavy atom. The number of hydrogen-bond donors (Lipinski definition) is 1. The van der Waals surface area contributed by atoms with Gasteiger partial charge in [0.25, 0.3) is 0 Å². The van der Waals surface area contributed by atoms with Crippen LogP contribution >= 0.6 is 11.9 Å². The Bertz CT molecular complexity index is 1130. The van der Waals surface area contributed by atoms with Gasteiger partial charge < -0.3 is 10.1 Å². The molecule has 1 N–H and O–H groups in total. The van der Waals surface area contributed by atoms with E-state index in [9.17, 15) is 4.39 Å². The van der Waals surface area contributed by atoms with Crippen LogP contribution in [-0.4, -0.2) is 52.5 Å². The predicted molar refractivity (Wildman–Crippen MR) is 124 cm³/mol. The van der Waals surface area contributed by atoms with Crippen LogP contribution in [0.4, 0.5) is 15.9 Å². The van der Waals surface area contributed by atoms with E-state index in [1.807, 2.05) is 6.92 Å². The highest BCUT2D eigenvalue weighted by molar-refractivity contribution is 7.97. The predicted octanol–water partition coefficient (Wildman–Crippen LogP) is 4.43. The third-order valence-corrected chi connectivity index (χ3v) is 8.23. The van der Waals surface area contributed by atoms with Gasteiger partial charge in [-0.25, -0.2) is 28.3 Å². The molecule has 2 unspecified atom stereocenters. The molecule has 3 fully saturated rings. The Balaban J connectivity index is 1.15. The molecule has 2 aromatic heterocycles. The molecule has 6 rings (SSSR count). The van der Waals surface area contributed by atoms with Gasteiger partial charge >= 0.3 is 0 Å². The molecule has 2 aliphatic heterocycles. The lowest BCUT2D eigenvalue weighted by molar-refractivity contribution is 0.0961. The van der Waals surface area contributed by atoms with E-state index in [4.69, 9.17) is 4.74 Å². The fourth-order valence-electron chi connectivity index (χ4n) is 4.75. The van der Waals surface area contributed by atoms with E-state index in [0.717, 1.165) is 23.7 Å². The van der Waals surface area contributed by atoms with E-state index in [0.29, 0.717) is 35.2 Å². The quantitative estimate of drug-likeness (QED) is 0.511. The summed E-state index contributed by atoms with van der Waals surface area (Å²) in [6.45, 7) is 1.91. The number of halogens is 1. The molecule has 172 valence electrons. The molecule has 1 aliphatic carbocycles. The lowest BCUT2D eigenvalue weighted by atomic mass is 10.0. The lowest BCUT2D eigenvalue weighted by Gasteiger charge is -2.37. The molecule has 0 spiro atoms. The fourth-order valence-corrected chi connectivity index (χ4v) is 6.17. The largest absolute Gasteiger partial charge is 0.474 e. The lowest BCUT2D eigenvalue weighted by Crippen LogP contribution is -2.43. The number of anilines is 2. The van der Waals surface area contributed by atoms with Crippen molar-refractivity contribution in [1.29, 1.82) is 0 Å². The monoisotopic (exact) mass is 467 g/mol. The highest BCUT2D eigenvalue weighted by Crippen LogP contribution is 2.47. The first-order valence-corrected chi connectivity index (χ1v) is 12.3. The van der Waals surface area contributed by atoms with Crippen molar-refractivity contribution in [1.82, 2.24) is 29.0 Å². The number of aromatic nitrogens is 5. The second-order valence-corrected chi connectivity index (χ2v) is 10.3. The summed E-state index contributed by atoms with van der Waals surface area (Å²) in [5.41, 5.74) is 1.70. The summed E-state index contributed by atoms with van der Waals surface area (Å²) < 4.78 is 25.3. The molecule has 3 aliphatic rings. The van der Waals surface area contributed by atoms with Crippen molar-refractivity contribution in [2.45, 2.75) is 68.9 Å². The van der Waals surface area contributed by atoms with E-state index in [-0.39, 0.29) is 6.10 Å². The van der Waals surface area contributed by atoms with Crippen molar-refractivity contribution in [3.05, 3.63) is 48.6 Å². The maximum atomic E-state index is 14.8. The van der Waals surface area contributed by atoms with Crippen molar-refractivity contribution in [3.8, 4) is 11.6 Å². The maximum absolute atomic E-state index is 14.8. The number of fused-ring (bicyclic) bond motifs is 2. The summed E-state index contributed by atoms with van der Waals surface area (Å²) >= 11 is 2.08. The molecule has 8 nitrogen and oxygen atoms in total. The number of piperidine rings is 1. The SMILES string of the molecule is Cc1c(Nc2ccc(-n3cncn3)cc2F)ncnc1OC1CC2CCC(C1)N2SC1CC1. The first-order chi connectivity index (χ1) is 16.1. The van der Waals surface area contributed by atoms with E-state index >= 15 is 0 Å². The minimum Gasteiger partial charge on any atom is -0.474 e. The molecule has 4 heterocycles. The highest BCUT2D eigenvalue weighted by Gasteiger charge is 2.44. The minimum atomic E-state index is -0.402. The standard InChI is InChI=1S/C23H26FN7OS/c1-14-22(29-21-7-4-15(10-20(21)24)30-13-25-11-28-30)26-12-27-23(14)32-18-8-16-2-3-17(9-18)31(16)33-19-5-6-19/h4,7,10-13,16-19H,2-3,5-6,8-9H2,1H3,(H,26,27,29). The molecule has 2 bridgehead atoms. The summed E-state index contributed by atoms with van der Waals surface area (Å²) in [5.74, 6) is 0.706. The number of hydrogen-bond acceptors (Lipinski definition) is 8. The van der Waals surface area contributed by atoms with Crippen LogP contribution in [-0.2, 0) is 0 Å². The van der Waals surface area contributed by atoms with Crippen LogP contribution in [0.3, 0.4) is 0 Å². The number of benzene rings is 1. The molecular weight excluding hydrogens is 441 g/mol. The fraction of sp³-hybridized carbons (Fsp3) is 0.478. The topological polar surface area (TPSA) is 81.0 Å². The molecule has 1 aromatic carbocycles. The van der Waals surface area contributed by atoms with Gasteiger partial charge in [0.1, 0.15) is 36.7 Å². The molecule has 33 heavy (non-hydrogen) atoms. The first kappa shape index (κ1) is 20.9. The zero-order chi connectivity index (χ0) is 22.4. The van der Waals surface area contributed by atoms with Crippen LogP contribution in [0.2, 0.25) is 0 Å². The van der Waals surface area contributed by atoms with Crippen LogP contribution in [0.15, 0.2) is 37.2 Å². The third kappa shape index (κ3) is 4.29. The van der Waals surface area contributed by atoms with Crippen LogP contribution < -0.4 is 10.1 Å². The normalized spacial score (nSPS) is 24.7. The average molecular weight is 468 g/mol. The van der Waals surface area contributed by atoms with Gasteiger partial charge in [-0.2, -0.15) is 5.10 Å². The average Bonchev–Trinajstić information content (AvgIpc) is 3.39. The van der Waals surface area contributed by atoms with Gasteiger partial charge in [0, 0.05) is 36.2 Å². The Morgan fingerprint density at radius 2 is 1.91 bits per heavy atom. The number of ether oxygens (including phenoxy) is 1. The molecule has 2 atom stereocenters. The zero-order valence-electron chi connectivity index (χ0n) is 18.4. The third-order valence-electron chi connectivity index (χ3n) is 6.62. The van der Waals surface area contributed by atoms with E-state index < -0.39 is 5.82 Å². The van der Waals surface area contributed by atoms with Crippen LogP contribution in [0.5, 0.6) is 5.88 Å². The zero-order valence-corrected chi connectivity index (χ0v) is 19.2. The highest BCUT2D eigenvalue weighted by atomic mass is 32.2. The molecular formula is C23H26FN7OS. The molecule has 1 saturated carbocycles. The van der Waals surface area contributed by atoms with Gasteiger partial charge in [0.15, 0.2) is 0 Å². The molecule has 3 aromatic rings. The van der Waals surface area contributed by atoms with Crippen molar-refractivity contribution >= 4 is 23.5 Å². The number of nitrogens with zero attached hydrogens (tertiary/aromatic N) is 6. The smallest absolute Gasteiger partial charge is 0.221 e. The summed E-state index contributed by atoms with van der Waals surface area (Å²) in [6, 6.07) is 6.04. The van der Waals surface area contributed by atoms with Crippen LogP contribution in [0, 0.1) is 12.7 Å². The molecule has 0 amide bonds. The van der Waals surface area contributed by atoms with Crippen molar-refractivity contribution in [2.75, 3.05) is 5.32 Å². The van der Waals surface area contributed by atoms with E-state index in [2.05, 4.69) is 41.6 Å². The molecule has 2 saturated heterocycles. The van der Waals surface area contributed by atoms with Crippen LogP contribution in [0.25, 0.3) is 5.69 Å². The van der Waals surface area contributed by atoms with Crippen molar-refractivity contribution < 1.29 is 9.13 Å². The Labute approximate surface area is 196 Å². The Hall–Kier alpha value is -2.72. The number of rotatable bonds is 7. The van der Waals surface area contributed by atoms with Crippen molar-refractivity contribution in [3.63, 3.8) is 0 Å². The summed E-state index contributed by atoms with van der Waals surface area (Å²) in [4.78, 5) is 12.6. The van der Waals surface area contributed by atoms with E-state index in [1.165, 1.54) is 55.4 Å². The van der Waals surface area contributed by atoms with Gasteiger partial charge in [-0.1, -0.05) is 11.9 Å². The summed E-state index contributed by atoms with van der Waals surface area (Å²) in [5, 5.41) is 7.97. The maximum Gasteiger partial charge on any atom is 0.221 e. The molecule has 10 heteroatoms. The second kappa shape index (κ2) is 8.57. The van der Waals surface area contributed by atoms with Gasteiger partial charge in [-0.3, -0.25) is 0 Å². The van der Waals surface area contributed by atoms with Crippen LogP contribution in [0.1, 0.15) is 44.1 Å². The van der Waals surface area contributed by atoms with Crippen molar-refractivity contribution in [2.24, 2.45) is 0 Å².